The van der Waals surface area contributed by atoms with Crippen molar-refractivity contribution in [3.63, 3.8) is 0 Å². The van der Waals surface area contributed by atoms with Gasteiger partial charge in [0.05, 0.1) is 6.61 Å². The summed E-state index contributed by atoms with van der Waals surface area (Å²) in [6.45, 7) is 3.93. The average molecular weight is 308 g/mol. The molecule has 0 saturated heterocycles. The molecule has 0 radical (unpaired) electrons. The smallest absolute Gasteiger partial charge is 0.316 e. The first-order valence-electron chi connectivity index (χ1n) is 4.51. The molecule has 0 atom stereocenters. The van der Waals surface area contributed by atoms with Gasteiger partial charge in [0.2, 0.25) is 0 Å². The Hall–Kier alpha value is -0.430. The molecule has 0 N–H and O–H groups in total. The normalized spacial score (nSPS) is 10.1. The van der Waals surface area contributed by atoms with Gasteiger partial charge in [0.25, 0.3) is 0 Å². The van der Waals surface area contributed by atoms with E-state index in [1.54, 1.807) is 12.4 Å². The van der Waals surface area contributed by atoms with Crippen LogP contribution in [0.25, 0.3) is 0 Å². The van der Waals surface area contributed by atoms with Gasteiger partial charge < -0.3 is 9.47 Å². The molecule has 0 amide bonds. The molecule has 0 aliphatic carbocycles. The molecular weight excluding hydrogens is 295 g/mol. The molecule has 0 fully saturated rings. The summed E-state index contributed by atoms with van der Waals surface area (Å²) in [6.07, 6.45) is 4.46. The van der Waals surface area contributed by atoms with Crippen molar-refractivity contribution >= 4 is 22.6 Å². The van der Waals surface area contributed by atoms with Crippen molar-refractivity contribution in [1.82, 2.24) is 9.97 Å². The monoisotopic (exact) mass is 308 g/mol. The summed E-state index contributed by atoms with van der Waals surface area (Å²) in [5.74, 6) is 0. The molecule has 1 rings (SSSR count). The Kier molecular flexibility index (Phi) is 5.77. The number of ether oxygens (including phenoxy) is 2. The maximum Gasteiger partial charge on any atom is 0.316 e. The summed E-state index contributed by atoms with van der Waals surface area (Å²) in [5.41, 5.74) is 0. The van der Waals surface area contributed by atoms with Gasteiger partial charge in [-0.05, 0) is 29.0 Å². The van der Waals surface area contributed by atoms with E-state index in [-0.39, 0.29) is 0 Å². The zero-order valence-electron chi connectivity index (χ0n) is 8.07. The second kappa shape index (κ2) is 6.94. The van der Waals surface area contributed by atoms with Crippen molar-refractivity contribution < 1.29 is 9.47 Å². The van der Waals surface area contributed by atoms with E-state index in [4.69, 9.17) is 9.47 Å². The van der Waals surface area contributed by atoms with E-state index in [2.05, 4.69) is 39.5 Å². The third kappa shape index (κ3) is 4.71. The van der Waals surface area contributed by atoms with E-state index in [0.29, 0.717) is 19.2 Å². The lowest BCUT2D eigenvalue weighted by Crippen LogP contribution is -2.08. The molecule has 0 spiro atoms. The second-order valence-electron chi connectivity index (χ2n) is 2.64. The number of halogens is 1. The predicted molar refractivity (Wildman–Crippen MR) is 61.4 cm³/mol. The van der Waals surface area contributed by atoms with Crippen LogP contribution in [0, 0.1) is 3.57 Å². The predicted octanol–water partition coefficient (Wildman–Crippen LogP) is 1.89. The van der Waals surface area contributed by atoms with Gasteiger partial charge in [-0.3, -0.25) is 0 Å². The van der Waals surface area contributed by atoms with Crippen LogP contribution in [0.2, 0.25) is 0 Å². The molecule has 0 bridgehead atoms. The minimum Gasteiger partial charge on any atom is -0.461 e. The van der Waals surface area contributed by atoms with Gasteiger partial charge in [-0.25, -0.2) is 9.97 Å². The third-order valence-electron chi connectivity index (χ3n) is 1.40. The Labute approximate surface area is 97.2 Å². The van der Waals surface area contributed by atoms with Crippen LogP contribution in [-0.4, -0.2) is 29.8 Å². The maximum atomic E-state index is 5.26. The van der Waals surface area contributed by atoms with Crippen molar-refractivity contribution in [3.8, 4) is 6.01 Å². The molecular formula is C9H13IN2O2. The quantitative estimate of drug-likeness (QED) is 0.595. The van der Waals surface area contributed by atoms with Gasteiger partial charge in [0, 0.05) is 22.6 Å². The highest BCUT2D eigenvalue weighted by Gasteiger charge is 1.96. The topological polar surface area (TPSA) is 44.2 Å². The highest BCUT2D eigenvalue weighted by molar-refractivity contribution is 14.1. The van der Waals surface area contributed by atoms with Crippen LogP contribution in [0.4, 0.5) is 0 Å². The summed E-state index contributed by atoms with van der Waals surface area (Å²) in [4.78, 5) is 8.00. The third-order valence-corrected chi connectivity index (χ3v) is 1.96. The standard InChI is InChI=1S/C9H13IN2O2/c1-2-3-13-4-5-14-9-11-6-8(10)7-12-9/h6-7H,2-5H2,1H3. The van der Waals surface area contributed by atoms with Gasteiger partial charge in [0.1, 0.15) is 6.61 Å². The van der Waals surface area contributed by atoms with Gasteiger partial charge >= 0.3 is 6.01 Å². The van der Waals surface area contributed by atoms with E-state index >= 15 is 0 Å². The lowest BCUT2D eigenvalue weighted by atomic mass is 10.5. The lowest BCUT2D eigenvalue weighted by Gasteiger charge is -2.04. The van der Waals surface area contributed by atoms with Crippen molar-refractivity contribution in [2.24, 2.45) is 0 Å². The Morgan fingerprint density at radius 2 is 1.93 bits per heavy atom. The Morgan fingerprint density at radius 1 is 1.21 bits per heavy atom. The minimum absolute atomic E-state index is 0.408. The summed E-state index contributed by atoms with van der Waals surface area (Å²) < 4.78 is 11.5. The van der Waals surface area contributed by atoms with Crippen LogP contribution in [0.1, 0.15) is 13.3 Å². The number of hydrogen-bond donors (Lipinski definition) is 0. The molecule has 1 heterocycles. The van der Waals surface area contributed by atoms with Crippen molar-refractivity contribution in [3.05, 3.63) is 16.0 Å². The Morgan fingerprint density at radius 3 is 2.57 bits per heavy atom. The summed E-state index contributed by atoms with van der Waals surface area (Å²) >= 11 is 2.15. The molecule has 4 nitrogen and oxygen atoms in total. The second-order valence-corrected chi connectivity index (χ2v) is 3.89. The van der Waals surface area contributed by atoms with Crippen molar-refractivity contribution in [2.45, 2.75) is 13.3 Å². The van der Waals surface area contributed by atoms with Gasteiger partial charge in [0.15, 0.2) is 0 Å². The summed E-state index contributed by atoms with van der Waals surface area (Å²) in [6, 6.07) is 0.408. The van der Waals surface area contributed by atoms with E-state index in [1.807, 2.05) is 0 Å². The highest BCUT2D eigenvalue weighted by Crippen LogP contribution is 2.04. The van der Waals surface area contributed by atoms with Gasteiger partial charge in [-0.1, -0.05) is 6.92 Å². The molecule has 5 heteroatoms. The molecule has 78 valence electrons. The van der Waals surface area contributed by atoms with Crippen LogP contribution in [0.15, 0.2) is 12.4 Å². The highest BCUT2D eigenvalue weighted by atomic mass is 127. The first-order chi connectivity index (χ1) is 6.83. The van der Waals surface area contributed by atoms with Gasteiger partial charge in [-0.2, -0.15) is 0 Å². The molecule has 0 aliphatic heterocycles. The summed E-state index contributed by atoms with van der Waals surface area (Å²) in [7, 11) is 0. The fourth-order valence-corrected chi connectivity index (χ4v) is 1.09. The summed E-state index contributed by atoms with van der Waals surface area (Å²) in [5, 5.41) is 0. The largest absolute Gasteiger partial charge is 0.461 e. The Bertz CT molecular complexity index is 253. The van der Waals surface area contributed by atoms with Crippen LogP contribution >= 0.6 is 22.6 Å². The minimum atomic E-state index is 0.408. The van der Waals surface area contributed by atoms with Crippen LogP contribution in [0.5, 0.6) is 6.01 Å². The molecule has 0 unspecified atom stereocenters. The van der Waals surface area contributed by atoms with Crippen LogP contribution < -0.4 is 4.74 Å². The molecule has 1 aromatic heterocycles. The molecule has 14 heavy (non-hydrogen) atoms. The van der Waals surface area contributed by atoms with Crippen molar-refractivity contribution in [2.75, 3.05) is 19.8 Å². The molecule has 0 saturated carbocycles. The number of nitrogens with zero attached hydrogens (tertiary/aromatic N) is 2. The molecule has 1 aromatic rings. The van der Waals surface area contributed by atoms with E-state index in [9.17, 15) is 0 Å². The van der Waals surface area contributed by atoms with Crippen LogP contribution in [0.3, 0.4) is 0 Å². The van der Waals surface area contributed by atoms with Crippen molar-refractivity contribution in [1.29, 1.82) is 0 Å². The molecule has 0 aromatic carbocycles. The maximum absolute atomic E-state index is 5.26. The fourth-order valence-electron chi connectivity index (χ4n) is 0.813. The van der Waals surface area contributed by atoms with E-state index in [1.165, 1.54) is 0 Å². The first kappa shape index (κ1) is 11.6. The SMILES string of the molecule is CCCOCCOc1ncc(I)cn1. The number of hydrogen-bond acceptors (Lipinski definition) is 4. The lowest BCUT2D eigenvalue weighted by molar-refractivity contribution is 0.0972. The zero-order valence-corrected chi connectivity index (χ0v) is 10.2. The number of aromatic nitrogens is 2. The van der Waals surface area contributed by atoms with E-state index < -0.39 is 0 Å². The Balaban J connectivity index is 2.15. The van der Waals surface area contributed by atoms with Crippen LogP contribution in [-0.2, 0) is 4.74 Å². The molecule has 0 aliphatic rings. The fraction of sp³-hybridized carbons (Fsp3) is 0.556. The first-order valence-corrected chi connectivity index (χ1v) is 5.59. The average Bonchev–Trinajstić information content (AvgIpc) is 2.21. The zero-order chi connectivity index (χ0) is 10.2. The van der Waals surface area contributed by atoms with E-state index in [0.717, 1.165) is 16.6 Å². The van der Waals surface area contributed by atoms with Gasteiger partial charge in [-0.15, -0.1) is 0 Å². The number of rotatable bonds is 6.